The monoisotopic (exact) mass is 300 g/mol. The predicted molar refractivity (Wildman–Crippen MR) is 74.2 cm³/mol. The average molecular weight is 300 g/mol. The first-order valence-corrected chi connectivity index (χ1v) is 7.39. The molecule has 9 heteroatoms. The molecule has 0 aromatic heterocycles. The second-order valence-corrected chi connectivity index (χ2v) is 5.84. The number of anilines is 1. The number of nitrogens with one attached hydrogen (secondary N) is 2. The Balaban J connectivity index is 2.23. The minimum Gasteiger partial charge on any atom is -0.495 e. The lowest BCUT2D eigenvalue weighted by molar-refractivity contribution is 0.318. The van der Waals surface area contributed by atoms with Crippen LogP contribution in [-0.4, -0.2) is 32.6 Å². The standard InChI is InChI=1S/C11H16N4O4S/c1-19-10-6-7(11(12)13-16)2-5-9(10)15-20(17,18)14-8-3-4-8/h2,5-6,8,14-16H,3-4H2,1H3,(H2,12,13). The zero-order valence-electron chi connectivity index (χ0n) is 10.8. The Morgan fingerprint density at radius 2 is 2.20 bits per heavy atom. The minimum atomic E-state index is -3.63. The maximum Gasteiger partial charge on any atom is 0.299 e. The van der Waals surface area contributed by atoms with Crippen molar-refractivity contribution >= 4 is 21.7 Å². The third-order valence-electron chi connectivity index (χ3n) is 2.75. The van der Waals surface area contributed by atoms with Gasteiger partial charge in [0.1, 0.15) is 5.75 Å². The lowest BCUT2D eigenvalue weighted by atomic mass is 10.2. The van der Waals surface area contributed by atoms with Gasteiger partial charge in [0.2, 0.25) is 0 Å². The number of oxime groups is 1. The number of nitrogens with two attached hydrogens (primary N) is 1. The summed E-state index contributed by atoms with van der Waals surface area (Å²) in [7, 11) is -2.23. The first-order valence-electron chi connectivity index (χ1n) is 5.91. The van der Waals surface area contributed by atoms with Crippen LogP contribution in [0.25, 0.3) is 0 Å². The number of nitrogens with zero attached hydrogens (tertiary/aromatic N) is 1. The maximum absolute atomic E-state index is 11.8. The van der Waals surface area contributed by atoms with Crippen molar-refractivity contribution in [2.24, 2.45) is 10.9 Å². The fourth-order valence-electron chi connectivity index (χ4n) is 1.59. The quantitative estimate of drug-likeness (QED) is 0.258. The number of benzene rings is 1. The van der Waals surface area contributed by atoms with Gasteiger partial charge in [-0.3, -0.25) is 4.72 Å². The van der Waals surface area contributed by atoms with E-state index >= 15 is 0 Å². The first-order chi connectivity index (χ1) is 9.45. The van der Waals surface area contributed by atoms with Gasteiger partial charge in [-0.1, -0.05) is 5.16 Å². The van der Waals surface area contributed by atoms with Crippen molar-refractivity contribution in [3.8, 4) is 5.75 Å². The molecule has 8 nitrogen and oxygen atoms in total. The molecule has 110 valence electrons. The number of amidine groups is 1. The molecule has 0 spiro atoms. The van der Waals surface area contributed by atoms with Crippen LogP contribution >= 0.6 is 0 Å². The van der Waals surface area contributed by atoms with Crippen molar-refractivity contribution in [1.29, 1.82) is 0 Å². The molecule has 1 saturated carbocycles. The third-order valence-corrected chi connectivity index (χ3v) is 3.88. The average Bonchev–Trinajstić information content (AvgIpc) is 3.20. The molecule has 2 rings (SSSR count). The number of ether oxygens (including phenoxy) is 1. The van der Waals surface area contributed by atoms with Crippen LogP contribution in [0.2, 0.25) is 0 Å². The molecule has 0 atom stereocenters. The molecule has 0 amide bonds. The Kier molecular flexibility index (Phi) is 4.00. The molecule has 5 N–H and O–H groups in total. The second kappa shape index (κ2) is 5.55. The van der Waals surface area contributed by atoms with Gasteiger partial charge in [-0.25, -0.2) is 0 Å². The van der Waals surface area contributed by atoms with Crippen LogP contribution in [0.4, 0.5) is 5.69 Å². The lowest BCUT2D eigenvalue weighted by Crippen LogP contribution is -2.31. The number of hydrogen-bond acceptors (Lipinski definition) is 5. The van der Waals surface area contributed by atoms with Gasteiger partial charge < -0.3 is 15.7 Å². The highest BCUT2D eigenvalue weighted by molar-refractivity contribution is 7.90. The van der Waals surface area contributed by atoms with E-state index in [9.17, 15) is 8.42 Å². The Morgan fingerprint density at radius 1 is 1.50 bits per heavy atom. The van der Waals surface area contributed by atoms with Crippen molar-refractivity contribution in [3.05, 3.63) is 23.8 Å². The first kappa shape index (κ1) is 14.4. The summed E-state index contributed by atoms with van der Waals surface area (Å²) >= 11 is 0. The second-order valence-electron chi connectivity index (χ2n) is 4.40. The van der Waals surface area contributed by atoms with Crippen molar-refractivity contribution in [2.45, 2.75) is 18.9 Å². The molecule has 0 aliphatic heterocycles. The van der Waals surface area contributed by atoms with E-state index in [0.717, 1.165) is 12.8 Å². The van der Waals surface area contributed by atoms with Crippen molar-refractivity contribution in [3.63, 3.8) is 0 Å². The zero-order valence-corrected chi connectivity index (χ0v) is 11.6. The van der Waals surface area contributed by atoms with Crippen LogP contribution in [-0.2, 0) is 10.2 Å². The molecule has 1 aliphatic carbocycles. The summed E-state index contributed by atoms with van der Waals surface area (Å²) < 4.78 is 33.6. The van der Waals surface area contributed by atoms with Crippen LogP contribution in [0.3, 0.4) is 0 Å². The summed E-state index contributed by atoms with van der Waals surface area (Å²) in [4.78, 5) is 0. The zero-order chi connectivity index (χ0) is 14.8. The third kappa shape index (κ3) is 3.52. The van der Waals surface area contributed by atoms with E-state index in [0.29, 0.717) is 5.56 Å². The highest BCUT2D eigenvalue weighted by atomic mass is 32.2. The lowest BCUT2D eigenvalue weighted by Gasteiger charge is -2.13. The van der Waals surface area contributed by atoms with Crippen LogP contribution in [0.1, 0.15) is 18.4 Å². The van der Waals surface area contributed by atoms with Crippen molar-refractivity contribution in [1.82, 2.24) is 4.72 Å². The molecule has 0 saturated heterocycles. The Labute approximate surface area is 116 Å². The number of hydrogen-bond donors (Lipinski definition) is 4. The summed E-state index contributed by atoms with van der Waals surface area (Å²) in [5.74, 6) is 0.184. The fourth-order valence-corrected chi connectivity index (χ4v) is 2.78. The Bertz CT molecular complexity index is 625. The molecular formula is C11H16N4O4S. The van der Waals surface area contributed by atoms with Crippen LogP contribution in [0, 0.1) is 0 Å². The highest BCUT2D eigenvalue weighted by Gasteiger charge is 2.27. The van der Waals surface area contributed by atoms with E-state index in [4.69, 9.17) is 15.7 Å². The van der Waals surface area contributed by atoms with Gasteiger partial charge in [-0.2, -0.15) is 13.1 Å². The van der Waals surface area contributed by atoms with Gasteiger partial charge in [0.25, 0.3) is 10.2 Å². The summed E-state index contributed by atoms with van der Waals surface area (Å²) in [5, 5.41) is 11.5. The van der Waals surface area contributed by atoms with E-state index in [2.05, 4.69) is 14.6 Å². The summed E-state index contributed by atoms with van der Waals surface area (Å²) in [6.45, 7) is 0. The van der Waals surface area contributed by atoms with Crippen LogP contribution in [0.5, 0.6) is 5.75 Å². The molecule has 1 fully saturated rings. The molecule has 1 aromatic rings. The normalized spacial score (nSPS) is 15.9. The van der Waals surface area contributed by atoms with Gasteiger partial charge >= 0.3 is 0 Å². The molecule has 0 unspecified atom stereocenters. The molecule has 0 bridgehead atoms. The van der Waals surface area contributed by atoms with E-state index in [1.54, 1.807) is 0 Å². The smallest absolute Gasteiger partial charge is 0.299 e. The predicted octanol–water partition coefficient (Wildman–Crippen LogP) is 0.198. The van der Waals surface area contributed by atoms with Gasteiger partial charge in [0.05, 0.1) is 12.8 Å². The summed E-state index contributed by atoms with van der Waals surface area (Å²) in [6.07, 6.45) is 1.70. The Hall–Kier alpha value is -2.00. The van der Waals surface area contributed by atoms with Crippen molar-refractivity contribution < 1.29 is 18.4 Å². The molecule has 0 radical (unpaired) electrons. The fraction of sp³-hybridized carbons (Fsp3) is 0.364. The van der Waals surface area contributed by atoms with Gasteiger partial charge in [0.15, 0.2) is 5.84 Å². The summed E-state index contributed by atoms with van der Waals surface area (Å²) in [6, 6.07) is 4.49. The van der Waals surface area contributed by atoms with E-state index in [1.807, 2.05) is 0 Å². The molecule has 1 aliphatic rings. The number of rotatable bonds is 6. The van der Waals surface area contributed by atoms with Crippen molar-refractivity contribution in [2.75, 3.05) is 11.8 Å². The molecule has 0 heterocycles. The topological polar surface area (TPSA) is 126 Å². The highest BCUT2D eigenvalue weighted by Crippen LogP contribution is 2.27. The van der Waals surface area contributed by atoms with E-state index < -0.39 is 10.2 Å². The van der Waals surface area contributed by atoms with Crippen LogP contribution in [0.15, 0.2) is 23.4 Å². The number of methoxy groups -OCH3 is 1. The van der Waals surface area contributed by atoms with E-state index in [1.165, 1.54) is 25.3 Å². The largest absolute Gasteiger partial charge is 0.495 e. The Morgan fingerprint density at radius 3 is 2.75 bits per heavy atom. The van der Waals surface area contributed by atoms with Gasteiger partial charge in [-0.05, 0) is 31.0 Å². The molecule has 20 heavy (non-hydrogen) atoms. The summed E-state index contributed by atoms with van der Waals surface area (Å²) in [5.41, 5.74) is 6.15. The van der Waals surface area contributed by atoms with Gasteiger partial charge in [0, 0.05) is 11.6 Å². The molecular weight excluding hydrogens is 284 g/mol. The van der Waals surface area contributed by atoms with E-state index in [-0.39, 0.29) is 23.3 Å². The maximum atomic E-state index is 11.8. The van der Waals surface area contributed by atoms with Crippen LogP contribution < -0.4 is 19.9 Å². The SMILES string of the molecule is COc1cc(/C(N)=N/O)ccc1NS(=O)(=O)NC1CC1. The van der Waals surface area contributed by atoms with Gasteiger partial charge in [-0.15, -0.1) is 0 Å². The molecule has 1 aromatic carbocycles. The minimum absolute atomic E-state index is 0.00920.